The molecule has 3 aromatic rings. The number of rotatable bonds is 11. The van der Waals surface area contributed by atoms with Gasteiger partial charge in [0, 0.05) is 21.2 Å². The van der Waals surface area contributed by atoms with Crippen LogP contribution < -0.4 is 4.57 Å². The second-order valence-electron chi connectivity index (χ2n) is 7.37. The monoisotopic (exact) mass is 457 g/mol. The van der Waals surface area contributed by atoms with Gasteiger partial charge in [-0.2, -0.15) is 0 Å². The maximum Gasteiger partial charge on any atom is 0.244 e. The van der Waals surface area contributed by atoms with E-state index in [1.807, 2.05) is 64.3 Å². The largest absolute Gasteiger partial charge is 0.365 e. The van der Waals surface area contributed by atoms with Crippen LogP contribution in [0, 0.1) is 0 Å². The molecule has 0 fully saturated rings. The molecule has 0 saturated carbocycles. The lowest BCUT2D eigenvalue weighted by Crippen LogP contribution is -2.36. The predicted molar refractivity (Wildman–Crippen MR) is 125 cm³/mol. The summed E-state index contributed by atoms with van der Waals surface area (Å²) in [4.78, 5) is 13.1. The number of ether oxygens (including phenoxy) is 1. The first kappa shape index (κ1) is 23.3. The van der Waals surface area contributed by atoms with Crippen LogP contribution in [0.1, 0.15) is 47.8 Å². The summed E-state index contributed by atoms with van der Waals surface area (Å²) in [7, 11) is 0. The normalized spacial score (nSPS) is 13.0. The summed E-state index contributed by atoms with van der Waals surface area (Å²) >= 11 is 12.5. The summed E-state index contributed by atoms with van der Waals surface area (Å²) in [6.07, 6.45) is 8.95. The van der Waals surface area contributed by atoms with Gasteiger partial charge in [0.15, 0.2) is 6.04 Å². The molecule has 0 radical (unpaired) electrons. The molecule has 1 aromatic heterocycles. The first-order valence-corrected chi connectivity index (χ1v) is 11.1. The Morgan fingerprint density at radius 1 is 1.23 bits per heavy atom. The minimum Gasteiger partial charge on any atom is -0.365 e. The van der Waals surface area contributed by atoms with Crippen LogP contribution in [-0.4, -0.2) is 17.0 Å². The number of nitrogens with zero attached hydrogens (tertiary/aromatic N) is 2. The molecular weight excluding hydrogens is 431 g/mol. The summed E-state index contributed by atoms with van der Waals surface area (Å²) < 4.78 is 9.99. The molecule has 0 aliphatic heterocycles. The van der Waals surface area contributed by atoms with Gasteiger partial charge in [-0.15, -0.1) is 6.58 Å². The Bertz CT molecular complexity index is 1020. The molecule has 6 heteroatoms. The molecule has 2 aromatic carbocycles. The van der Waals surface area contributed by atoms with Crippen LogP contribution in [0.2, 0.25) is 10.0 Å². The Kier molecular flexibility index (Phi) is 8.47. The highest BCUT2D eigenvalue weighted by atomic mass is 35.5. The number of Topliss-reactive ketones (excluding diaryl/α,β-unsaturated/α-hetero) is 1. The van der Waals surface area contributed by atoms with E-state index in [1.54, 1.807) is 18.2 Å². The number of hydrogen-bond donors (Lipinski definition) is 0. The molecule has 0 bridgehead atoms. The number of carbonyl (C=O) groups is 1. The van der Waals surface area contributed by atoms with Gasteiger partial charge in [0.1, 0.15) is 25.0 Å². The molecule has 0 amide bonds. The smallest absolute Gasteiger partial charge is 0.244 e. The van der Waals surface area contributed by atoms with Gasteiger partial charge in [-0.1, -0.05) is 79.0 Å². The van der Waals surface area contributed by atoms with Crippen LogP contribution in [0.25, 0.3) is 0 Å². The summed E-state index contributed by atoms with van der Waals surface area (Å²) in [6, 6.07) is 14.6. The maximum absolute atomic E-state index is 13.1. The van der Waals surface area contributed by atoms with Crippen molar-refractivity contribution in [1.82, 2.24) is 4.57 Å². The summed E-state index contributed by atoms with van der Waals surface area (Å²) in [6.45, 7) is 6.77. The summed E-state index contributed by atoms with van der Waals surface area (Å²) in [5.74, 6) is 0.116. The average molecular weight is 458 g/mol. The van der Waals surface area contributed by atoms with Gasteiger partial charge in [0.2, 0.25) is 12.1 Å². The highest BCUT2D eigenvalue weighted by molar-refractivity contribution is 6.35. The SMILES string of the molecule is C=CCOC(C[n+]1ccn(C(CCC)C(=O)c2ccccc2)c1)c1ccc(Cl)cc1Cl. The number of benzene rings is 2. The lowest BCUT2D eigenvalue weighted by Gasteiger charge is -2.17. The summed E-state index contributed by atoms with van der Waals surface area (Å²) in [5.41, 5.74) is 1.58. The van der Waals surface area contributed by atoms with Gasteiger partial charge in [0.05, 0.1) is 6.61 Å². The van der Waals surface area contributed by atoms with Crippen LogP contribution in [0.5, 0.6) is 0 Å². The Morgan fingerprint density at radius 3 is 2.68 bits per heavy atom. The second-order valence-corrected chi connectivity index (χ2v) is 8.21. The van der Waals surface area contributed by atoms with Gasteiger partial charge in [-0.05, 0) is 18.6 Å². The minimum atomic E-state index is -0.280. The number of carbonyl (C=O) groups excluding carboxylic acids is 1. The fourth-order valence-corrected chi connectivity index (χ4v) is 4.10. The zero-order valence-corrected chi connectivity index (χ0v) is 19.1. The van der Waals surface area contributed by atoms with Crippen LogP contribution in [0.4, 0.5) is 0 Å². The standard InChI is InChI=1S/C25H27Cl2N2O2/c1-3-8-23(25(30)19-9-6-5-7-10-19)29-14-13-28(18-29)17-24(31-15-4-2)21-12-11-20(26)16-22(21)27/h4-7,9-14,16,18,23-24H,2-3,8,15,17H2,1H3/q+1. The van der Waals surface area contributed by atoms with Crippen molar-refractivity contribution in [3.05, 3.63) is 101 Å². The second kappa shape index (κ2) is 11.3. The number of aromatic nitrogens is 2. The molecule has 2 atom stereocenters. The van der Waals surface area contributed by atoms with Crippen LogP contribution in [0.3, 0.4) is 0 Å². The van der Waals surface area contributed by atoms with Gasteiger partial charge >= 0.3 is 0 Å². The molecule has 0 spiro atoms. The molecule has 0 aliphatic rings. The number of hydrogen-bond acceptors (Lipinski definition) is 2. The fourth-order valence-electron chi connectivity index (χ4n) is 3.57. The fraction of sp³-hybridized carbons (Fsp3) is 0.280. The van der Waals surface area contributed by atoms with Gasteiger partial charge in [0.25, 0.3) is 0 Å². The van der Waals surface area contributed by atoms with E-state index < -0.39 is 0 Å². The molecule has 3 rings (SSSR count). The Labute approximate surface area is 193 Å². The van der Waals surface area contributed by atoms with E-state index in [9.17, 15) is 4.79 Å². The summed E-state index contributed by atoms with van der Waals surface area (Å²) in [5, 5.41) is 1.14. The van der Waals surface area contributed by atoms with E-state index in [-0.39, 0.29) is 17.9 Å². The molecule has 0 saturated heterocycles. The van der Waals surface area contributed by atoms with Crippen molar-refractivity contribution in [3.63, 3.8) is 0 Å². The third kappa shape index (κ3) is 6.07. The molecule has 31 heavy (non-hydrogen) atoms. The minimum absolute atomic E-state index is 0.116. The molecule has 162 valence electrons. The van der Waals surface area contributed by atoms with E-state index in [2.05, 4.69) is 13.5 Å². The maximum atomic E-state index is 13.1. The van der Waals surface area contributed by atoms with E-state index >= 15 is 0 Å². The molecule has 4 nitrogen and oxygen atoms in total. The first-order chi connectivity index (χ1) is 15.0. The molecule has 1 heterocycles. The number of imidazole rings is 1. The molecule has 2 unspecified atom stereocenters. The molecule has 0 N–H and O–H groups in total. The van der Waals surface area contributed by atoms with Crippen molar-refractivity contribution in [2.45, 2.75) is 38.5 Å². The zero-order valence-electron chi connectivity index (χ0n) is 17.6. The van der Waals surface area contributed by atoms with Crippen LogP contribution in [-0.2, 0) is 11.3 Å². The van der Waals surface area contributed by atoms with E-state index in [1.165, 1.54) is 0 Å². The molecular formula is C25H27Cl2N2O2+. The number of ketones is 1. The third-order valence-electron chi connectivity index (χ3n) is 5.10. The van der Waals surface area contributed by atoms with Crippen molar-refractivity contribution in [2.24, 2.45) is 0 Å². The van der Waals surface area contributed by atoms with Crippen molar-refractivity contribution in [3.8, 4) is 0 Å². The topological polar surface area (TPSA) is 35.1 Å². The predicted octanol–water partition coefficient (Wildman–Crippen LogP) is 6.25. The quantitative estimate of drug-likeness (QED) is 0.193. The Morgan fingerprint density at radius 2 is 2.00 bits per heavy atom. The lowest BCUT2D eigenvalue weighted by molar-refractivity contribution is -0.704. The van der Waals surface area contributed by atoms with Crippen LogP contribution in [0.15, 0.2) is 79.9 Å². The Hall–Kier alpha value is -2.40. The van der Waals surface area contributed by atoms with Crippen LogP contribution >= 0.6 is 23.2 Å². The highest BCUT2D eigenvalue weighted by Crippen LogP contribution is 2.29. The number of halogens is 2. The van der Waals surface area contributed by atoms with E-state index in [4.69, 9.17) is 27.9 Å². The van der Waals surface area contributed by atoms with E-state index in [0.29, 0.717) is 23.2 Å². The first-order valence-electron chi connectivity index (χ1n) is 10.4. The van der Waals surface area contributed by atoms with Gasteiger partial charge in [-0.3, -0.25) is 4.79 Å². The lowest BCUT2D eigenvalue weighted by atomic mass is 10.0. The van der Waals surface area contributed by atoms with Crippen molar-refractivity contribution in [1.29, 1.82) is 0 Å². The van der Waals surface area contributed by atoms with Crippen molar-refractivity contribution in [2.75, 3.05) is 6.61 Å². The average Bonchev–Trinajstić information content (AvgIpc) is 3.23. The van der Waals surface area contributed by atoms with Crippen molar-refractivity contribution < 1.29 is 14.1 Å². The third-order valence-corrected chi connectivity index (χ3v) is 5.66. The zero-order chi connectivity index (χ0) is 22.2. The Balaban J connectivity index is 1.83. The van der Waals surface area contributed by atoms with Gasteiger partial charge in [-0.25, -0.2) is 9.13 Å². The van der Waals surface area contributed by atoms with E-state index in [0.717, 1.165) is 24.0 Å². The molecule has 0 aliphatic carbocycles. The van der Waals surface area contributed by atoms with Gasteiger partial charge < -0.3 is 4.74 Å². The highest BCUT2D eigenvalue weighted by Gasteiger charge is 2.27. The van der Waals surface area contributed by atoms with Crippen molar-refractivity contribution >= 4 is 29.0 Å².